The summed E-state index contributed by atoms with van der Waals surface area (Å²) in [5.74, 6) is -0.291. The summed E-state index contributed by atoms with van der Waals surface area (Å²) in [6, 6.07) is 12.1. The van der Waals surface area contributed by atoms with Crippen molar-refractivity contribution in [2.75, 3.05) is 12.4 Å². The Balaban J connectivity index is 2.24. The predicted octanol–water partition coefficient (Wildman–Crippen LogP) is 4.58. The van der Waals surface area contributed by atoms with Gasteiger partial charge in [-0.05, 0) is 48.9 Å². The Morgan fingerprint density at radius 2 is 1.74 bits per heavy atom. The van der Waals surface area contributed by atoms with Gasteiger partial charge in [0.05, 0.1) is 5.71 Å². The second kappa shape index (κ2) is 7.99. The van der Waals surface area contributed by atoms with Crippen LogP contribution in [0.3, 0.4) is 0 Å². The van der Waals surface area contributed by atoms with E-state index < -0.39 is 0 Å². The SMILES string of the molecule is CC/C(=N\NC(=O)c1ccc(Cl)cc1)c1cc(Cl)ccc1NC. The van der Waals surface area contributed by atoms with E-state index in [4.69, 9.17) is 23.2 Å². The van der Waals surface area contributed by atoms with E-state index in [0.717, 1.165) is 17.0 Å². The van der Waals surface area contributed by atoms with Gasteiger partial charge in [-0.15, -0.1) is 0 Å². The first-order valence-corrected chi connectivity index (χ1v) is 7.91. The highest BCUT2D eigenvalue weighted by Crippen LogP contribution is 2.22. The number of hydrazone groups is 1. The van der Waals surface area contributed by atoms with Crippen LogP contribution in [0.5, 0.6) is 0 Å². The van der Waals surface area contributed by atoms with Crippen LogP contribution in [-0.4, -0.2) is 18.7 Å². The summed E-state index contributed by atoms with van der Waals surface area (Å²) >= 11 is 11.9. The molecule has 6 heteroatoms. The number of nitrogens with zero attached hydrogens (tertiary/aromatic N) is 1. The fraction of sp³-hybridized carbons (Fsp3) is 0.176. The third-order valence-electron chi connectivity index (χ3n) is 3.30. The summed E-state index contributed by atoms with van der Waals surface area (Å²) in [6.45, 7) is 1.97. The second-order valence-electron chi connectivity index (χ2n) is 4.80. The van der Waals surface area contributed by atoms with Gasteiger partial charge in [0, 0.05) is 33.9 Å². The van der Waals surface area contributed by atoms with Crippen LogP contribution in [0.1, 0.15) is 29.3 Å². The van der Waals surface area contributed by atoms with E-state index in [1.165, 1.54) is 0 Å². The van der Waals surface area contributed by atoms with Crippen molar-refractivity contribution in [1.82, 2.24) is 5.43 Å². The van der Waals surface area contributed by atoms with E-state index in [9.17, 15) is 4.79 Å². The number of benzene rings is 2. The third-order valence-corrected chi connectivity index (χ3v) is 3.78. The first-order chi connectivity index (χ1) is 11.0. The summed E-state index contributed by atoms with van der Waals surface area (Å²) in [5, 5.41) is 8.54. The van der Waals surface area contributed by atoms with Gasteiger partial charge in [-0.1, -0.05) is 30.1 Å². The number of hydrogen-bond donors (Lipinski definition) is 2. The minimum Gasteiger partial charge on any atom is -0.388 e. The van der Waals surface area contributed by atoms with E-state index in [-0.39, 0.29) is 5.91 Å². The Morgan fingerprint density at radius 3 is 2.35 bits per heavy atom. The van der Waals surface area contributed by atoms with E-state index in [2.05, 4.69) is 15.8 Å². The first kappa shape index (κ1) is 17.3. The van der Waals surface area contributed by atoms with Gasteiger partial charge in [0.15, 0.2) is 0 Å². The summed E-state index contributed by atoms with van der Waals surface area (Å²) in [4.78, 5) is 12.1. The quantitative estimate of drug-likeness (QED) is 0.613. The zero-order valence-corrected chi connectivity index (χ0v) is 14.4. The topological polar surface area (TPSA) is 53.5 Å². The minimum absolute atomic E-state index is 0.291. The Morgan fingerprint density at radius 1 is 1.09 bits per heavy atom. The molecule has 0 saturated carbocycles. The number of halogens is 2. The molecule has 2 rings (SSSR count). The maximum absolute atomic E-state index is 12.1. The summed E-state index contributed by atoms with van der Waals surface area (Å²) < 4.78 is 0. The van der Waals surface area contributed by atoms with Gasteiger partial charge < -0.3 is 5.32 Å². The van der Waals surface area contributed by atoms with E-state index in [1.807, 2.05) is 26.1 Å². The van der Waals surface area contributed by atoms with Crippen LogP contribution in [0.15, 0.2) is 47.6 Å². The van der Waals surface area contributed by atoms with Gasteiger partial charge in [-0.3, -0.25) is 4.79 Å². The molecule has 0 aliphatic rings. The Bertz CT molecular complexity index is 727. The van der Waals surface area contributed by atoms with Crippen molar-refractivity contribution < 1.29 is 4.79 Å². The van der Waals surface area contributed by atoms with Gasteiger partial charge in [0.1, 0.15) is 0 Å². The molecule has 0 unspecified atom stereocenters. The highest BCUT2D eigenvalue weighted by molar-refractivity contribution is 6.31. The maximum atomic E-state index is 12.1. The molecule has 2 aromatic rings. The lowest BCUT2D eigenvalue weighted by molar-refractivity contribution is 0.0955. The molecule has 0 heterocycles. The molecule has 2 aromatic carbocycles. The zero-order valence-electron chi connectivity index (χ0n) is 12.9. The molecule has 0 aliphatic carbocycles. The second-order valence-corrected chi connectivity index (χ2v) is 5.67. The van der Waals surface area contributed by atoms with Crippen LogP contribution in [0.4, 0.5) is 5.69 Å². The first-order valence-electron chi connectivity index (χ1n) is 7.15. The number of hydrogen-bond acceptors (Lipinski definition) is 3. The maximum Gasteiger partial charge on any atom is 0.271 e. The highest BCUT2D eigenvalue weighted by atomic mass is 35.5. The molecular formula is C17H17Cl2N3O. The Kier molecular flexibility index (Phi) is 6.02. The van der Waals surface area contributed by atoms with Crippen molar-refractivity contribution >= 4 is 40.5 Å². The predicted molar refractivity (Wildman–Crippen MR) is 96.7 cm³/mol. The van der Waals surface area contributed by atoms with Gasteiger partial charge in [0.2, 0.25) is 0 Å². The molecule has 0 aliphatic heterocycles. The lowest BCUT2D eigenvalue weighted by Gasteiger charge is -2.11. The van der Waals surface area contributed by atoms with Gasteiger partial charge in [-0.25, -0.2) is 5.43 Å². The molecule has 120 valence electrons. The average Bonchev–Trinajstić information content (AvgIpc) is 2.56. The minimum atomic E-state index is -0.291. The van der Waals surface area contributed by atoms with Crippen LogP contribution in [0.2, 0.25) is 10.0 Å². The van der Waals surface area contributed by atoms with Gasteiger partial charge in [-0.2, -0.15) is 5.10 Å². The van der Waals surface area contributed by atoms with Crippen molar-refractivity contribution in [2.24, 2.45) is 5.10 Å². The molecule has 0 spiro atoms. The molecule has 0 radical (unpaired) electrons. The molecule has 0 fully saturated rings. The van der Waals surface area contributed by atoms with Crippen LogP contribution in [0.25, 0.3) is 0 Å². The summed E-state index contributed by atoms with van der Waals surface area (Å²) in [6.07, 6.45) is 0.649. The van der Waals surface area contributed by atoms with Crippen molar-refractivity contribution in [3.8, 4) is 0 Å². The van der Waals surface area contributed by atoms with E-state index in [0.29, 0.717) is 22.0 Å². The molecule has 0 atom stereocenters. The number of carbonyl (C=O) groups is 1. The number of rotatable bonds is 5. The van der Waals surface area contributed by atoms with Crippen LogP contribution in [0, 0.1) is 0 Å². The van der Waals surface area contributed by atoms with Crippen molar-refractivity contribution in [2.45, 2.75) is 13.3 Å². The molecule has 0 saturated heterocycles. The molecule has 2 N–H and O–H groups in total. The fourth-order valence-electron chi connectivity index (χ4n) is 2.09. The zero-order chi connectivity index (χ0) is 16.8. The molecule has 4 nitrogen and oxygen atoms in total. The number of nitrogens with one attached hydrogen (secondary N) is 2. The smallest absolute Gasteiger partial charge is 0.271 e. The van der Waals surface area contributed by atoms with Crippen LogP contribution in [-0.2, 0) is 0 Å². The molecule has 0 aromatic heterocycles. The number of anilines is 1. The Labute approximate surface area is 145 Å². The van der Waals surface area contributed by atoms with E-state index in [1.54, 1.807) is 30.3 Å². The number of carbonyl (C=O) groups excluding carboxylic acids is 1. The highest BCUT2D eigenvalue weighted by Gasteiger charge is 2.10. The van der Waals surface area contributed by atoms with Gasteiger partial charge >= 0.3 is 0 Å². The lowest BCUT2D eigenvalue weighted by Crippen LogP contribution is -2.20. The lowest BCUT2D eigenvalue weighted by atomic mass is 10.1. The fourth-order valence-corrected chi connectivity index (χ4v) is 2.39. The van der Waals surface area contributed by atoms with Crippen LogP contribution >= 0.6 is 23.2 Å². The van der Waals surface area contributed by atoms with E-state index >= 15 is 0 Å². The van der Waals surface area contributed by atoms with Crippen molar-refractivity contribution in [1.29, 1.82) is 0 Å². The Hall–Kier alpha value is -2.04. The van der Waals surface area contributed by atoms with Crippen molar-refractivity contribution in [3.05, 3.63) is 63.6 Å². The average molecular weight is 350 g/mol. The summed E-state index contributed by atoms with van der Waals surface area (Å²) in [5.41, 5.74) is 5.56. The van der Waals surface area contributed by atoms with Gasteiger partial charge in [0.25, 0.3) is 5.91 Å². The molecule has 0 bridgehead atoms. The molecular weight excluding hydrogens is 333 g/mol. The monoisotopic (exact) mass is 349 g/mol. The molecule has 23 heavy (non-hydrogen) atoms. The largest absolute Gasteiger partial charge is 0.388 e. The third kappa shape index (κ3) is 4.47. The summed E-state index contributed by atoms with van der Waals surface area (Å²) in [7, 11) is 1.83. The standard InChI is InChI=1S/C17H17Cl2N3O/c1-3-15(14-10-13(19)8-9-16(14)20-2)21-22-17(23)11-4-6-12(18)7-5-11/h4-10,20H,3H2,1-2H3,(H,22,23)/b21-15+. The molecule has 1 amide bonds. The number of amides is 1. The van der Waals surface area contributed by atoms with Crippen LogP contribution < -0.4 is 10.7 Å². The van der Waals surface area contributed by atoms with Crippen molar-refractivity contribution in [3.63, 3.8) is 0 Å². The normalized spacial score (nSPS) is 11.2.